The molecule has 3 N–H and O–H groups in total. The van der Waals surface area contributed by atoms with Crippen LogP contribution in [-0.4, -0.2) is 52.3 Å². The van der Waals surface area contributed by atoms with Crippen LogP contribution in [0.4, 0.5) is 0 Å². The number of hydrogen-bond donors (Lipinski definition) is 2. The summed E-state index contributed by atoms with van der Waals surface area (Å²) in [4.78, 5) is 32.3. The summed E-state index contributed by atoms with van der Waals surface area (Å²) in [6, 6.07) is 5.55. The number of imidazole rings is 1. The standard InChI is InChI=1S/C26H39N5O2/c1-18-7-8-20(14-26(18,2)3)16-28-25(33)22-5-4-6-23-29-21(17-31(22)23)13-24(32)30-11-9-19(15-27)10-12-30/h4-6,17-20H,7-16,27H2,1-3H3,(H,28,33)/t18?,20-/m1/s1. The van der Waals surface area contributed by atoms with Crippen LogP contribution in [0.2, 0.25) is 0 Å². The molecule has 0 spiro atoms. The Labute approximate surface area is 197 Å². The van der Waals surface area contributed by atoms with Gasteiger partial charge in [-0.3, -0.25) is 14.0 Å². The van der Waals surface area contributed by atoms with Gasteiger partial charge in [0.1, 0.15) is 11.3 Å². The zero-order valence-corrected chi connectivity index (χ0v) is 20.3. The molecule has 1 saturated heterocycles. The maximum Gasteiger partial charge on any atom is 0.268 e. The average molecular weight is 454 g/mol. The minimum absolute atomic E-state index is 0.0869. The number of nitrogens with one attached hydrogen (secondary N) is 1. The van der Waals surface area contributed by atoms with E-state index in [0.717, 1.165) is 44.7 Å². The summed E-state index contributed by atoms with van der Waals surface area (Å²) in [5, 5.41) is 3.15. The van der Waals surface area contributed by atoms with Gasteiger partial charge < -0.3 is 16.0 Å². The van der Waals surface area contributed by atoms with Crippen molar-refractivity contribution in [1.82, 2.24) is 19.6 Å². The van der Waals surface area contributed by atoms with E-state index in [0.29, 0.717) is 47.4 Å². The molecule has 7 heteroatoms. The van der Waals surface area contributed by atoms with Crippen LogP contribution >= 0.6 is 0 Å². The molecule has 1 unspecified atom stereocenters. The van der Waals surface area contributed by atoms with Crippen LogP contribution in [0.15, 0.2) is 24.4 Å². The highest BCUT2D eigenvalue weighted by molar-refractivity contribution is 5.93. The molecule has 0 bridgehead atoms. The molecule has 180 valence electrons. The van der Waals surface area contributed by atoms with E-state index < -0.39 is 0 Å². The van der Waals surface area contributed by atoms with Gasteiger partial charge in [0.25, 0.3) is 5.91 Å². The van der Waals surface area contributed by atoms with Crippen molar-refractivity contribution in [2.75, 3.05) is 26.2 Å². The lowest BCUT2D eigenvalue weighted by Crippen LogP contribution is -2.40. The number of nitrogens with two attached hydrogens (primary N) is 1. The Morgan fingerprint density at radius 2 is 1.91 bits per heavy atom. The van der Waals surface area contributed by atoms with Crippen LogP contribution in [0.3, 0.4) is 0 Å². The molecule has 1 aliphatic heterocycles. The van der Waals surface area contributed by atoms with E-state index in [-0.39, 0.29) is 18.2 Å². The van der Waals surface area contributed by atoms with Gasteiger partial charge in [-0.15, -0.1) is 0 Å². The minimum Gasteiger partial charge on any atom is -0.350 e. The summed E-state index contributed by atoms with van der Waals surface area (Å²) in [6.07, 6.45) is 7.54. The number of likely N-dealkylation sites (tertiary alicyclic amines) is 1. The van der Waals surface area contributed by atoms with Crippen molar-refractivity contribution in [2.45, 2.75) is 59.3 Å². The monoisotopic (exact) mass is 453 g/mol. The van der Waals surface area contributed by atoms with Crippen LogP contribution in [0, 0.1) is 23.2 Å². The lowest BCUT2D eigenvalue weighted by atomic mass is 9.66. The number of nitrogens with zero attached hydrogens (tertiary/aromatic N) is 3. The summed E-state index contributed by atoms with van der Waals surface area (Å²) in [5.41, 5.74) is 8.03. The van der Waals surface area contributed by atoms with E-state index >= 15 is 0 Å². The van der Waals surface area contributed by atoms with Gasteiger partial charge in [0.05, 0.1) is 12.1 Å². The first-order valence-corrected chi connectivity index (χ1v) is 12.5. The number of aromatic nitrogens is 2. The molecule has 2 aromatic rings. The maximum absolute atomic E-state index is 13.0. The van der Waals surface area contributed by atoms with Crippen LogP contribution < -0.4 is 11.1 Å². The number of carbonyl (C=O) groups excluding carboxylic acids is 2. The van der Waals surface area contributed by atoms with Crippen molar-refractivity contribution >= 4 is 17.5 Å². The van der Waals surface area contributed by atoms with E-state index in [9.17, 15) is 9.59 Å². The third-order valence-corrected chi connectivity index (χ3v) is 8.12. The number of fused-ring (bicyclic) bond motifs is 1. The van der Waals surface area contributed by atoms with Crippen molar-refractivity contribution in [2.24, 2.45) is 28.9 Å². The first kappa shape index (κ1) is 23.7. The molecule has 1 aliphatic carbocycles. The highest BCUT2D eigenvalue weighted by Crippen LogP contribution is 2.42. The third kappa shape index (κ3) is 5.40. The van der Waals surface area contributed by atoms with E-state index in [4.69, 9.17) is 5.73 Å². The molecule has 0 radical (unpaired) electrons. The van der Waals surface area contributed by atoms with Crippen LogP contribution in [0.25, 0.3) is 5.65 Å². The first-order valence-electron chi connectivity index (χ1n) is 12.5. The Morgan fingerprint density at radius 1 is 1.15 bits per heavy atom. The highest BCUT2D eigenvalue weighted by Gasteiger charge is 2.34. The Balaban J connectivity index is 1.39. The second-order valence-corrected chi connectivity index (χ2v) is 10.9. The molecule has 0 aromatic carbocycles. The summed E-state index contributed by atoms with van der Waals surface area (Å²) in [6.45, 7) is 9.92. The fourth-order valence-electron chi connectivity index (χ4n) is 5.44. The molecule has 2 fully saturated rings. The van der Waals surface area contributed by atoms with Gasteiger partial charge in [-0.25, -0.2) is 4.98 Å². The second kappa shape index (κ2) is 9.84. The Kier molecular flexibility index (Phi) is 7.07. The van der Waals surface area contributed by atoms with Gasteiger partial charge in [-0.05, 0) is 74.0 Å². The average Bonchev–Trinajstić information content (AvgIpc) is 3.22. The van der Waals surface area contributed by atoms with Crippen molar-refractivity contribution in [3.63, 3.8) is 0 Å². The van der Waals surface area contributed by atoms with Crippen molar-refractivity contribution in [3.05, 3.63) is 35.8 Å². The van der Waals surface area contributed by atoms with Gasteiger partial charge in [0.2, 0.25) is 5.91 Å². The highest BCUT2D eigenvalue weighted by atomic mass is 16.2. The molecular weight excluding hydrogens is 414 g/mol. The van der Waals surface area contributed by atoms with Crippen LogP contribution in [-0.2, 0) is 11.2 Å². The lowest BCUT2D eigenvalue weighted by Gasteiger charge is -2.40. The van der Waals surface area contributed by atoms with Crippen molar-refractivity contribution in [1.29, 1.82) is 0 Å². The Morgan fingerprint density at radius 3 is 2.61 bits per heavy atom. The van der Waals surface area contributed by atoms with E-state index in [1.54, 1.807) is 0 Å². The smallest absolute Gasteiger partial charge is 0.268 e. The molecule has 2 atom stereocenters. The van der Waals surface area contributed by atoms with Crippen molar-refractivity contribution in [3.8, 4) is 0 Å². The predicted octanol–water partition coefficient (Wildman–Crippen LogP) is 3.27. The van der Waals surface area contributed by atoms with Gasteiger partial charge in [-0.2, -0.15) is 0 Å². The summed E-state index contributed by atoms with van der Waals surface area (Å²) in [7, 11) is 0. The first-order chi connectivity index (χ1) is 15.8. The quantitative estimate of drug-likeness (QED) is 0.702. The molecule has 2 amide bonds. The molecule has 2 aliphatic rings. The summed E-state index contributed by atoms with van der Waals surface area (Å²) in [5.74, 6) is 1.76. The summed E-state index contributed by atoms with van der Waals surface area (Å²) >= 11 is 0. The van der Waals surface area contributed by atoms with Crippen LogP contribution in [0.1, 0.15) is 69.1 Å². The third-order valence-electron chi connectivity index (χ3n) is 8.12. The molecule has 1 saturated carbocycles. The maximum atomic E-state index is 13.0. The van der Waals surface area contributed by atoms with Gasteiger partial charge in [0, 0.05) is 25.8 Å². The predicted molar refractivity (Wildman–Crippen MR) is 130 cm³/mol. The second-order valence-electron chi connectivity index (χ2n) is 10.9. The molecule has 4 rings (SSSR count). The SMILES string of the molecule is CC1CC[C@@H](CNC(=O)c2cccc3nc(CC(=O)N4CCC(CN)CC4)cn23)CC1(C)C. The number of rotatable bonds is 6. The Bertz CT molecular complexity index is 990. The molecular formula is C26H39N5O2. The molecule has 33 heavy (non-hydrogen) atoms. The van der Waals surface area contributed by atoms with Crippen molar-refractivity contribution < 1.29 is 9.59 Å². The zero-order chi connectivity index (χ0) is 23.6. The zero-order valence-electron chi connectivity index (χ0n) is 20.3. The fourth-order valence-corrected chi connectivity index (χ4v) is 5.44. The minimum atomic E-state index is -0.0869. The topological polar surface area (TPSA) is 92.7 Å². The molecule has 7 nitrogen and oxygen atoms in total. The number of pyridine rings is 1. The van der Waals surface area contributed by atoms with Gasteiger partial charge in [0.15, 0.2) is 0 Å². The number of piperidine rings is 1. The lowest BCUT2D eigenvalue weighted by molar-refractivity contribution is -0.131. The molecule has 2 aromatic heterocycles. The van der Waals surface area contributed by atoms with Crippen LogP contribution in [0.5, 0.6) is 0 Å². The van der Waals surface area contributed by atoms with E-state index in [1.165, 1.54) is 6.42 Å². The van der Waals surface area contributed by atoms with Gasteiger partial charge in [-0.1, -0.05) is 26.8 Å². The normalized spacial score (nSPS) is 23.6. The largest absolute Gasteiger partial charge is 0.350 e. The van der Waals surface area contributed by atoms with Gasteiger partial charge >= 0.3 is 0 Å². The number of amides is 2. The number of carbonyl (C=O) groups is 2. The summed E-state index contributed by atoms with van der Waals surface area (Å²) < 4.78 is 1.81. The molecule has 3 heterocycles. The van der Waals surface area contributed by atoms with E-state index in [1.807, 2.05) is 33.7 Å². The van der Waals surface area contributed by atoms with E-state index in [2.05, 4.69) is 31.1 Å². The number of hydrogen-bond acceptors (Lipinski definition) is 4. The Hall–Kier alpha value is -2.41. The fraction of sp³-hybridized carbons (Fsp3) is 0.654.